The van der Waals surface area contributed by atoms with Crippen LogP contribution in [0.1, 0.15) is 45.0 Å². The maximum Gasteiger partial charge on any atom is 0.255 e. The van der Waals surface area contributed by atoms with Gasteiger partial charge in [0.25, 0.3) is 5.91 Å². The summed E-state index contributed by atoms with van der Waals surface area (Å²) in [6.45, 7) is 0.381. The first-order valence-electron chi connectivity index (χ1n) is 9.88. The number of rotatable bonds is 6. The summed E-state index contributed by atoms with van der Waals surface area (Å²) < 4.78 is 5.33. The predicted octanol–water partition coefficient (Wildman–Crippen LogP) is 4.97. The highest BCUT2D eigenvalue weighted by Crippen LogP contribution is 2.39. The molecule has 0 aliphatic heterocycles. The van der Waals surface area contributed by atoms with Crippen molar-refractivity contribution in [2.75, 3.05) is 19.0 Å². The summed E-state index contributed by atoms with van der Waals surface area (Å²) in [6, 6.07) is 11.9. The van der Waals surface area contributed by atoms with Crippen LogP contribution in [0.25, 0.3) is 0 Å². The lowest BCUT2D eigenvalue weighted by Gasteiger charge is -2.12. The molecule has 4 rings (SSSR count). The minimum atomic E-state index is -0.0732. The molecule has 0 unspecified atom stereocenters. The van der Waals surface area contributed by atoms with Gasteiger partial charge in [-0.05, 0) is 61.1 Å². The SMILES string of the molecule is CN(C)c1ccc(/C=N\c2sc3c(c2C(=O)NCc2ccco2)CCCC3)cc1. The fourth-order valence-electron chi connectivity index (χ4n) is 3.54. The van der Waals surface area contributed by atoms with E-state index in [2.05, 4.69) is 22.3 Å². The lowest BCUT2D eigenvalue weighted by molar-refractivity contribution is 0.0948. The Labute approximate surface area is 175 Å². The molecule has 150 valence electrons. The van der Waals surface area contributed by atoms with E-state index in [1.165, 1.54) is 16.9 Å². The number of carbonyl (C=O) groups excluding carboxylic acids is 1. The molecule has 0 saturated carbocycles. The van der Waals surface area contributed by atoms with Crippen molar-refractivity contribution >= 4 is 34.1 Å². The highest BCUT2D eigenvalue weighted by molar-refractivity contribution is 7.16. The lowest BCUT2D eigenvalue weighted by atomic mass is 9.95. The third-order valence-corrected chi connectivity index (χ3v) is 6.32. The van der Waals surface area contributed by atoms with E-state index in [-0.39, 0.29) is 5.91 Å². The first kappa shape index (κ1) is 19.5. The summed E-state index contributed by atoms with van der Waals surface area (Å²) in [5.41, 5.74) is 4.07. The quantitative estimate of drug-likeness (QED) is 0.587. The number of nitrogens with one attached hydrogen (secondary N) is 1. The van der Waals surface area contributed by atoms with Crippen molar-refractivity contribution in [3.05, 3.63) is 70.0 Å². The number of anilines is 1. The van der Waals surface area contributed by atoms with Crippen LogP contribution in [0.2, 0.25) is 0 Å². The summed E-state index contributed by atoms with van der Waals surface area (Å²) >= 11 is 1.65. The molecule has 1 amide bonds. The molecule has 5 nitrogen and oxygen atoms in total. The fraction of sp³-hybridized carbons (Fsp3) is 0.304. The van der Waals surface area contributed by atoms with Gasteiger partial charge in [-0.15, -0.1) is 11.3 Å². The molecule has 0 spiro atoms. The molecule has 1 N–H and O–H groups in total. The zero-order valence-corrected chi connectivity index (χ0v) is 17.6. The molecule has 3 aromatic rings. The van der Waals surface area contributed by atoms with Gasteiger partial charge in [0, 0.05) is 30.9 Å². The molecule has 0 radical (unpaired) electrons. The molecular formula is C23H25N3O2S. The van der Waals surface area contributed by atoms with Crippen LogP contribution >= 0.6 is 11.3 Å². The van der Waals surface area contributed by atoms with Gasteiger partial charge in [-0.1, -0.05) is 12.1 Å². The molecule has 1 aromatic carbocycles. The van der Waals surface area contributed by atoms with E-state index >= 15 is 0 Å². The predicted molar refractivity (Wildman–Crippen MR) is 119 cm³/mol. The van der Waals surface area contributed by atoms with Gasteiger partial charge in [0.05, 0.1) is 18.4 Å². The van der Waals surface area contributed by atoms with Crippen molar-refractivity contribution in [2.24, 2.45) is 4.99 Å². The molecule has 2 heterocycles. The van der Waals surface area contributed by atoms with E-state index in [9.17, 15) is 4.79 Å². The topological polar surface area (TPSA) is 57.8 Å². The van der Waals surface area contributed by atoms with Gasteiger partial charge >= 0.3 is 0 Å². The first-order chi connectivity index (χ1) is 14.1. The summed E-state index contributed by atoms with van der Waals surface area (Å²) in [5.74, 6) is 0.671. The minimum Gasteiger partial charge on any atom is -0.467 e. The van der Waals surface area contributed by atoms with Gasteiger partial charge in [0.2, 0.25) is 0 Å². The Kier molecular flexibility index (Phi) is 5.81. The second-order valence-electron chi connectivity index (χ2n) is 7.40. The molecule has 0 fully saturated rings. The molecule has 0 bridgehead atoms. The van der Waals surface area contributed by atoms with Crippen LogP contribution in [0, 0.1) is 0 Å². The van der Waals surface area contributed by atoms with Crippen molar-refractivity contribution in [3.63, 3.8) is 0 Å². The first-order valence-corrected chi connectivity index (χ1v) is 10.7. The third-order valence-electron chi connectivity index (χ3n) is 5.12. The number of aryl methyl sites for hydroxylation is 1. The zero-order chi connectivity index (χ0) is 20.2. The highest BCUT2D eigenvalue weighted by atomic mass is 32.1. The summed E-state index contributed by atoms with van der Waals surface area (Å²) in [7, 11) is 4.04. The number of thiophene rings is 1. The van der Waals surface area contributed by atoms with Crippen molar-refractivity contribution in [3.8, 4) is 0 Å². The van der Waals surface area contributed by atoms with Crippen LogP contribution in [0.5, 0.6) is 0 Å². The van der Waals surface area contributed by atoms with Crippen molar-refractivity contribution in [2.45, 2.75) is 32.2 Å². The molecule has 6 heteroatoms. The number of fused-ring (bicyclic) bond motifs is 1. The van der Waals surface area contributed by atoms with E-state index in [4.69, 9.17) is 9.41 Å². The number of aliphatic imine (C=N–C) groups is 1. The second-order valence-corrected chi connectivity index (χ2v) is 8.48. The van der Waals surface area contributed by atoms with Crippen LogP contribution < -0.4 is 10.2 Å². The van der Waals surface area contributed by atoms with Crippen molar-refractivity contribution < 1.29 is 9.21 Å². The summed E-state index contributed by atoms with van der Waals surface area (Å²) in [4.78, 5) is 21.1. The third kappa shape index (κ3) is 4.43. The van der Waals surface area contributed by atoms with E-state index in [0.29, 0.717) is 6.54 Å². The Bertz CT molecular complexity index is 1000. The Morgan fingerprint density at radius 3 is 2.72 bits per heavy atom. The highest BCUT2D eigenvalue weighted by Gasteiger charge is 2.25. The number of furan rings is 1. The standard InChI is InChI=1S/C23H25N3O2S/c1-26(2)17-11-9-16(10-12-17)14-25-23-21(19-7-3-4-8-20(19)29-23)22(27)24-15-18-6-5-13-28-18/h5-6,9-14H,3-4,7-8,15H2,1-2H3,(H,24,27)/b25-14-. The number of nitrogens with zero attached hydrogens (tertiary/aromatic N) is 2. The molecule has 2 aromatic heterocycles. The molecule has 29 heavy (non-hydrogen) atoms. The fourth-order valence-corrected chi connectivity index (χ4v) is 4.77. The second kappa shape index (κ2) is 8.66. The molecule has 0 atom stereocenters. The van der Waals surface area contributed by atoms with E-state index in [0.717, 1.165) is 46.8 Å². The largest absolute Gasteiger partial charge is 0.467 e. The van der Waals surface area contributed by atoms with Gasteiger partial charge < -0.3 is 14.6 Å². The Morgan fingerprint density at radius 2 is 2.00 bits per heavy atom. The van der Waals surface area contributed by atoms with Gasteiger partial charge in [-0.25, -0.2) is 4.99 Å². The van der Waals surface area contributed by atoms with Crippen molar-refractivity contribution in [1.82, 2.24) is 5.32 Å². The average molecular weight is 408 g/mol. The number of hydrogen-bond acceptors (Lipinski definition) is 5. The lowest BCUT2D eigenvalue weighted by Crippen LogP contribution is -2.23. The normalized spacial score (nSPS) is 13.4. The van der Waals surface area contributed by atoms with Gasteiger partial charge in [-0.2, -0.15) is 0 Å². The zero-order valence-electron chi connectivity index (χ0n) is 16.8. The van der Waals surface area contributed by atoms with Crippen LogP contribution in [-0.2, 0) is 19.4 Å². The maximum absolute atomic E-state index is 13.0. The number of hydrogen-bond donors (Lipinski definition) is 1. The minimum absolute atomic E-state index is 0.0732. The van der Waals surface area contributed by atoms with Crippen LogP contribution in [-0.4, -0.2) is 26.2 Å². The van der Waals surface area contributed by atoms with Gasteiger partial charge in [-0.3, -0.25) is 4.79 Å². The molecule has 1 aliphatic carbocycles. The number of amides is 1. The number of carbonyl (C=O) groups is 1. The smallest absolute Gasteiger partial charge is 0.255 e. The van der Waals surface area contributed by atoms with Crippen LogP contribution in [0.4, 0.5) is 10.7 Å². The van der Waals surface area contributed by atoms with Gasteiger partial charge in [0.1, 0.15) is 10.8 Å². The van der Waals surface area contributed by atoms with E-state index in [1.54, 1.807) is 17.6 Å². The molecular weight excluding hydrogens is 382 g/mol. The van der Waals surface area contributed by atoms with Crippen LogP contribution in [0.15, 0.2) is 52.1 Å². The summed E-state index contributed by atoms with van der Waals surface area (Å²) in [5, 5.41) is 3.79. The number of benzene rings is 1. The Balaban J connectivity index is 1.58. The van der Waals surface area contributed by atoms with E-state index < -0.39 is 0 Å². The van der Waals surface area contributed by atoms with Crippen molar-refractivity contribution in [1.29, 1.82) is 0 Å². The van der Waals surface area contributed by atoms with Gasteiger partial charge in [0.15, 0.2) is 0 Å². The molecule has 0 saturated heterocycles. The molecule has 1 aliphatic rings. The van der Waals surface area contributed by atoms with E-state index in [1.807, 2.05) is 44.6 Å². The maximum atomic E-state index is 13.0. The summed E-state index contributed by atoms with van der Waals surface area (Å²) in [6.07, 6.45) is 7.74. The average Bonchev–Trinajstić information content (AvgIpc) is 3.38. The Morgan fingerprint density at radius 1 is 1.21 bits per heavy atom. The van der Waals surface area contributed by atoms with Crippen LogP contribution in [0.3, 0.4) is 0 Å². The monoisotopic (exact) mass is 407 g/mol. The Hall–Kier alpha value is -2.86.